The van der Waals surface area contributed by atoms with Crippen molar-refractivity contribution in [1.29, 1.82) is 0 Å². The van der Waals surface area contributed by atoms with E-state index in [2.05, 4.69) is 0 Å². The van der Waals surface area contributed by atoms with Gasteiger partial charge in [-0.1, -0.05) is 0 Å². The molecule has 0 fully saturated rings. The second-order valence-corrected chi connectivity index (χ2v) is 3.95. The van der Waals surface area contributed by atoms with Crippen molar-refractivity contribution in [2.24, 2.45) is 0 Å². The molecule has 0 unspecified atom stereocenters. The second-order valence-electron chi connectivity index (χ2n) is 3.95. The molecule has 0 radical (unpaired) electrons. The number of quaternary nitrogens is 1. The van der Waals surface area contributed by atoms with Crippen molar-refractivity contribution < 1.29 is 46.2 Å². The molecule has 19 heavy (non-hydrogen) atoms. The van der Waals surface area contributed by atoms with Gasteiger partial charge in [0.25, 0.3) is 0 Å². The lowest BCUT2D eigenvalue weighted by atomic mass is 10.2. The number of carbonyl (C=O) groups is 3. The molecule has 0 amide bonds. The van der Waals surface area contributed by atoms with E-state index in [0.29, 0.717) is 0 Å². The van der Waals surface area contributed by atoms with Gasteiger partial charge >= 0.3 is 17.9 Å². The number of carboxylic acid groups (broad SMARTS) is 2. The zero-order chi connectivity index (χ0) is 22.6. The molecule has 0 saturated heterocycles. The summed E-state index contributed by atoms with van der Waals surface area (Å²) in [7, 11) is 0. The van der Waals surface area contributed by atoms with E-state index >= 15 is 0 Å². The van der Waals surface area contributed by atoms with Gasteiger partial charge < -0.3 is 19.4 Å². The van der Waals surface area contributed by atoms with E-state index in [-0.39, 0.29) is 6.42 Å². The summed E-state index contributed by atoms with van der Waals surface area (Å²) in [4.78, 5) is 33.3. The highest BCUT2D eigenvalue weighted by molar-refractivity contribution is 5.72. The van der Waals surface area contributed by atoms with Gasteiger partial charge in [0.1, 0.15) is 6.54 Å². The molecular formula is C12H22NO6+. The fourth-order valence-electron chi connectivity index (χ4n) is 1.27. The van der Waals surface area contributed by atoms with E-state index < -0.39 is 75.2 Å². The second kappa shape index (κ2) is 7.73. The number of carboxylic acids is 2. The van der Waals surface area contributed by atoms with Crippen LogP contribution < -0.4 is 0 Å². The zero-order valence-corrected chi connectivity index (χ0v) is 10.1. The quantitative estimate of drug-likeness (QED) is 0.468. The Balaban J connectivity index is 5.84. The summed E-state index contributed by atoms with van der Waals surface area (Å²) >= 11 is 0. The summed E-state index contributed by atoms with van der Waals surface area (Å²) in [5, 5.41) is 17.5. The van der Waals surface area contributed by atoms with Gasteiger partial charge in [0.05, 0.1) is 39.7 Å². The molecule has 0 bridgehead atoms. The Morgan fingerprint density at radius 2 is 1.79 bits per heavy atom. The summed E-state index contributed by atoms with van der Waals surface area (Å²) in [6.07, 6.45) is -3.93. The van der Waals surface area contributed by atoms with Crippen LogP contribution in [0.3, 0.4) is 0 Å². The normalized spacial score (nSPS) is 21.8. The van der Waals surface area contributed by atoms with E-state index in [9.17, 15) is 14.4 Å². The van der Waals surface area contributed by atoms with Crippen LogP contribution in [0.4, 0.5) is 0 Å². The molecule has 0 aromatic rings. The van der Waals surface area contributed by atoms with Crippen molar-refractivity contribution in [1.82, 2.24) is 0 Å². The number of hydrogen-bond acceptors (Lipinski definition) is 4. The first-order valence-electron chi connectivity index (χ1n) is 9.86. The molecule has 7 nitrogen and oxygen atoms in total. The minimum absolute atomic E-state index is 0.161. The van der Waals surface area contributed by atoms with E-state index in [0.717, 1.165) is 0 Å². The van der Waals surface area contributed by atoms with Gasteiger partial charge in [0, 0.05) is 12.8 Å². The van der Waals surface area contributed by atoms with Crippen molar-refractivity contribution in [2.75, 3.05) is 27.5 Å². The lowest BCUT2D eigenvalue weighted by Gasteiger charge is -2.28. The van der Waals surface area contributed by atoms with Crippen molar-refractivity contribution in [3.63, 3.8) is 0 Å². The van der Waals surface area contributed by atoms with Gasteiger partial charge in [-0.2, -0.15) is 0 Å². The predicted molar refractivity (Wildman–Crippen MR) is 66.5 cm³/mol. The molecule has 0 heterocycles. The maximum atomic E-state index is 11.8. The lowest BCUT2D eigenvalue weighted by molar-refractivity contribution is -0.873. The number of rotatable bonds is 9. The molecule has 0 aliphatic carbocycles. The van der Waals surface area contributed by atoms with E-state index in [1.54, 1.807) is 0 Å². The van der Waals surface area contributed by atoms with Crippen LogP contribution in [-0.2, 0) is 19.1 Å². The molecule has 0 spiro atoms. The topological polar surface area (TPSA) is 101 Å². The van der Waals surface area contributed by atoms with Crippen molar-refractivity contribution in [3.05, 3.63) is 0 Å². The van der Waals surface area contributed by atoms with E-state index in [1.807, 2.05) is 0 Å². The van der Waals surface area contributed by atoms with Crippen LogP contribution in [0.25, 0.3) is 0 Å². The van der Waals surface area contributed by atoms with Gasteiger partial charge in [-0.15, -0.1) is 0 Å². The molecule has 0 aliphatic rings. The van der Waals surface area contributed by atoms with Crippen LogP contribution >= 0.6 is 0 Å². The number of hydrogen-bond donors (Lipinski definition) is 2. The summed E-state index contributed by atoms with van der Waals surface area (Å²) in [6, 6.07) is 0. The predicted octanol–water partition coefficient (Wildman–Crippen LogP) is 0.334. The highest BCUT2D eigenvalue weighted by Gasteiger charge is 2.24. The Labute approximate surface area is 125 Å². The molecule has 110 valence electrons. The van der Waals surface area contributed by atoms with Crippen molar-refractivity contribution in [3.8, 4) is 0 Å². The lowest BCUT2D eigenvalue weighted by Crippen LogP contribution is -2.43. The maximum absolute atomic E-state index is 11.8. The molecule has 2 N–H and O–H groups in total. The highest BCUT2D eigenvalue weighted by atomic mass is 16.5. The standard InChI is InChI=1S/C12H21NO6/c1-13(2,3)8-9(7-11(16)17)19-12(18)6-4-5-10(14)15/h9H,4-8H2,1-3H3,(H-,14,15,16,17)/p+1/t9-/m1/s1/i1D3,2D3,3D3. The number of likely N-dealkylation sites (N-methyl/N-ethyl adjacent to an activating group) is 1. The SMILES string of the molecule is [2H]C([2H])([2H])[N+](C[C@@H](CC(=O)O)OC(=O)CCCC(=O)O)(C([2H])([2H])[2H])C([2H])([2H])[2H]. The Hall–Kier alpha value is -1.63. The largest absolute Gasteiger partial charge is 0.481 e. The van der Waals surface area contributed by atoms with E-state index in [1.165, 1.54) is 0 Å². The number of esters is 1. The van der Waals surface area contributed by atoms with Gasteiger partial charge in [-0.05, 0) is 6.42 Å². The third kappa shape index (κ3) is 11.2. The highest BCUT2D eigenvalue weighted by Crippen LogP contribution is 2.08. The van der Waals surface area contributed by atoms with Crippen LogP contribution in [0.5, 0.6) is 0 Å². The van der Waals surface area contributed by atoms with Crippen LogP contribution in [0.1, 0.15) is 38.0 Å². The van der Waals surface area contributed by atoms with Crippen LogP contribution in [0, 0.1) is 0 Å². The average Bonchev–Trinajstić information content (AvgIpc) is 2.38. The molecular weight excluding hydrogens is 254 g/mol. The molecule has 0 aromatic heterocycles. The summed E-state index contributed by atoms with van der Waals surface area (Å²) in [5.74, 6) is -3.88. The van der Waals surface area contributed by atoms with Gasteiger partial charge in [0.15, 0.2) is 6.10 Å². The molecule has 0 rings (SSSR count). The Bertz CT molecular complexity index is 548. The number of nitrogens with zero attached hydrogens (tertiary/aromatic N) is 1. The number of ether oxygens (including phenoxy) is 1. The van der Waals surface area contributed by atoms with Gasteiger partial charge in [-0.3, -0.25) is 14.4 Å². The van der Waals surface area contributed by atoms with Gasteiger partial charge in [0.2, 0.25) is 0 Å². The summed E-state index contributed by atoms with van der Waals surface area (Å²) in [5.41, 5.74) is 0. The first kappa shape index (κ1) is 7.23. The van der Waals surface area contributed by atoms with Crippen LogP contribution in [0.15, 0.2) is 0 Å². The van der Waals surface area contributed by atoms with Crippen LogP contribution in [0.2, 0.25) is 0 Å². The molecule has 0 aromatic carbocycles. The smallest absolute Gasteiger partial charge is 0.307 e. The van der Waals surface area contributed by atoms with Crippen molar-refractivity contribution in [2.45, 2.75) is 31.8 Å². The monoisotopic (exact) mass is 285 g/mol. The third-order valence-corrected chi connectivity index (χ3v) is 1.95. The fraction of sp³-hybridized carbons (Fsp3) is 0.750. The molecule has 1 atom stereocenters. The van der Waals surface area contributed by atoms with Crippen LogP contribution in [-0.4, -0.2) is 66.2 Å². The Kier molecular flexibility index (Phi) is 2.94. The molecule has 0 aliphatic heterocycles. The van der Waals surface area contributed by atoms with Crippen molar-refractivity contribution >= 4 is 17.9 Å². The molecule has 0 saturated carbocycles. The fourth-order valence-corrected chi connectivity index (χ4v) is 1.27. The Morgan fingerprint density at radius 1 is 1.16 bits per heavy atom. The Morgan fingerprint density at radius 3 is 2.26 bits per heavy atom. The number of aliphatic carboxylic acids is 2. The summed E-state index contributed by atoms with van der Waals surface area (Å²) in [6.45, 7) is -12.2. The average molecular weight is 285 g/mol. The first-order valence-corrected chi connectivity index (χ1v) is 5.36. The van der Waals surface area contributed by atoms with Gasteiger partial charge in [-0.25, -0.2) is 0 Å². The summed E-state index contributed by atoms with van der Waals surface area (Å²) < 4.78 is 69.8. The zero-order valence-electron chi connectivity index (χ0n) is 19.1. The third-order valence-electron chi connectivity index (χ3n) is 1.95. The minimum atomic E-state index is -3.62. The maximum Gasteiger partial charge on any atom is 0.307 e. The molecule has 7 heteroatoms. The minimum Gasteiger partial charge on any atom is -0.481 e. The number of carbonyl (C=O) groups excluding carboxylic acids is 1. The van der Waals surface area contributed by atoms with E-state index in [4.69, 9.17) is 27.3 Å². The first-order chi connectivity index (χ1) is 12.3.